The highest BCUT2D eigenvalue weighted by Crippen LogP contribution is 2.41. The summed E-state index contributed by atoms with van der Waals surface area (Å²) in [5.74, 6) is 0.306. The molecule has 1 N–H and O–H groups in total. The van der Waals surface area contributed by atoms with E-state index in [0.717, 1.165) is 37.7 Å². The van der Waals surface area contributed by atoms with Gasteiger partial charge in [-0.1, -0.05) is 63.3 Å². The van der Waals surface area contributed by atoms with Crippen LogP contribution in [-0.2, 0) is 9.59 Å². The minimum atomic E-state index is -0.703. The number of nitrogens with zero attached hydrogens (tertiary/aromatic N) is 1. The fraction of sp³-hybridized carbons (Fsp3) is 0.485. The molecule has 6 heteroatoms. The zero-order valence-electron chi connectivity index (χ0n) is 23.2. The maximum absolute atomic E-state index is 12.6. The topological polar surface area (TPSA) is 96.6 Å². The highest BCUT2D eigenvalue weighted by atomic mass is 16.5. The van der Waals surface area contributed by atoms with Crippen molar-refractivity contribution in [2.45, 2.75) is 84.0 Å². The second kappa shape index (κ2) is 15.7. The summed E-state index contributed by atoms with van der Waals surface area (Å²) in [5, 5.41) is 19.0. The molecule has 0 saturated heterocycles. The molecule has 39 heavy (non-hydrogen) atoms. The SMILES string of the molecule is CCCCCCCC(c1ccc(C=C(C#N)C(=O)Oc2ccc(OCC)cc2)cc1)C1CCC(C(=O)O)CC1. The number of ether oxygens (including phenoxy) is 2. The van der Waals surface area contributed by atoms with E-state index in [2.05, 4.69) is 19.1 Å². The van der Waals surface area contributed by atoms with Crippen molar-refractivity contribution in [1.29, 1.82) is 5.26 Å². The van der Waals surface area contributed by atoms with E-state index in [1.807, 2.05) is 25.1 Å². The number of carbonyl (C=O) groups excluding carboxylic acids is 1. The van der Waals surface area contributed by atoms with E-state index in [4.69, 9.17) is 9.47 Å². The standard InChI is InChI=1S/C33H41NO5/c1-3-5-6-7-8-9-31(26-14-16-27(17-15-26)32(35)36)25-12-10-24(11-13-25)22-28(23-34)33(37)39-30-20-18-29(19-21-30)38-4-2/h10-13,18-22,26-27,31H,3-9,14-17H2,1-2H3,(H,35,36). The van der Waals surface area contributed by atoms with Gasteiger partial charge in [-0.3, -0.25) is 4.79 Å². The smallest absolute Gasteiger partial charge is 0.354 e. The molecule has 0 aromatic heterocycles. The van der Waals surface area contributed by atoms with Gasteiger partial charge in [0.25, 0.3) is 0 Å². The highest BCUT2D eigenvalue weighted by Gasteiger charge is 2.31. The molecule has 1 atom stereocenters. The number of hydrogen-bond acceptors (Lipinski definition) is 5. The van der Waals surface area contributed by atoms with Crippen molar-refractivity contribution in [3.05, 3.63) is 65.2 Å². The molecule has 0 bridgehead atoms. The Labute approximate surface area is 232 Å². The lowest BCUT2D eigenvalue weighted by molar-refractivity contribution is -0.143. The molecule has 1 aliphatic rings. The van der Waals surface area contributed by atoms with Gasteiger partial charge in [0.2, 0.25) is 0 Å². The van der Waals surface area contributed by atoms with E-state index in [-0.39, 0.29) is 11.5 Å². The van der Waals surface area contributed by atoms with Gasteiger partial charge in [-0.15, -0.1) is 0 Å². The Bertz CT molecular complexity index is 1120. The van der Waals surface area contributed by atoms with Crippen molar-refractivity contribution in [3.63, 3.8) is 0 Å². The Balaban J connectivity index is 1.69. The summed E-state index contributed by atoms with van der Waals surface area (Å²) < 4.78 is 10.8. The lowest BCUT2D eigenvalue weighted by Crippen LogP contribution is -2.25. The maximum atomic E-state index is 12.6. The van der Waals surface area contributed by atoms with Crippen LogP contribution in [0.1, 0.15) is 95.1 Å². The van der Waals surface area contributed by atoms with Gasteiger partial charge in [0.15, 0.2) is 0 Å². The first-order valence-corrected chi connectivity index (χ1v) is 14.3. The minimum Gasteiger partial charge on any atom is -0.494 e. The second-order valence-electron chi connectivity index (χ2n) is 10.4. The van der Waals surface area contributed by atoms with Crippen molar-refractivity contribution in [1.82, 2.24) is 0 Å². The predicted molar refractivity (Wildman–Crippen MR) is 152 cm³/mol. The third-order valence-corrected chi connectivity index (χ3v) is 7.67. The number of carbonyl (C=O) groups is 2. The van der Waals surface area contributed by atoms with E-state index in [9.17, 15) is 20.0 Å². The summed E-state index contributed by atoms with van der Waals surface area (Å²) in [7, 11) is 0. The summed E-state index contributed by atoms with van der Waals surface area (Å²) in [6, 6.07) is 16.8. The van der Waals surface area contributed by atoms with Gasteiger partial charge < -0.3 is 14.6 Å². The fourth-order valence-corrected chi connectivity index (χ4v) is 5.49. The highest BCUT2D eigenvalue weighted by molar-refractivity contribution is 5.99. The fourth-order valence-electron chi connectivity index (χ4n) is 5.49. The third kappa shape index (κ3) is 9.28. The summed E-state index contributed by atoms with van der Waals surface area (Å²) in [4.78, 5) is 24.1. The van der Waals surface area contributed by atoms with Gasteiger partial charge in [0, 0.05) is 0 Å². The first-order valence-electron chi connectivity index (χ1n) is 14.3. The van der Waals surface area contributed by atoms with Crippen molar-refractivity contribution < 1.29 is 24.2 Å². The predicted octanol–water partition coefficient (Wildman–Crippen LogP) is 7.93. The number of hydrogen-bond donors (Lipinski definition) is 1. The molecule has 0 aliphatic heterocycles. The first-order chi connectivity index (χ1) is 18.9. The van der Waals surface area contributed by atoms with Crippen LogP contribution >= 0.6 is 0 Å². The molecule has 2 aromatic carbocycles. The Hall–Kier alpha value is -3.59. The van der Waals surface area contributed by atoms with Crippen LogP contribution in [0.4, 0.5) is 0 Å². The second-order valence-corrected chi connectivity index (χ2v) is 10.4. The summed E-state index contributed by atoms with van der Waals surface area (Å²) in [6.45, 7) is 4.66. The van der Waals surface area contributed by atoms with E-state index >= 15 is 0 Å². The Morgan fingerprint density at radius 1 is 0.949 bits per heavy atom. The van der Waals surface area contributed by atoms with Crippen LogP contribution in [0.2, 0.25) is 0 Å². The third-order valence-electron chi connectivity index (χ3n) is 7.67. The summed E-state index contributed by atoms with van der Waals surface area (Å²) in [5.41, 5.74) is 1.93. The summed E-state index contributed by atoms with van der Waals surface area (Å²) in [6.07, 6.45) is 12.1. The van der Waals surface area contributed by atoms with Crippen molar-refractivity contribution in [2.24, 2.45) is 11.8 Å². The monoisotopic (exact) mass is 531 g/mol. The van der Waals surface area contributed by atoms with Crippen LogP contribution in [0.25, 0.3) is 6.08 Å². The van der Waals surface area contributed by atoms with Crippen LogP contribution in [-0.4, -0.2) is 23.7 Å². The van der Waals surface area contributed by atoms with Crippen molar-refractivity contribution in [3.8, 4) is 17.6 Å². The molecule has 2 aromatic rings. The quantitative estimate of drug-likeness (QED) is 0.0874. The molecule has 1 saturated carbocycles. The van der Waals surface area contributed by atoms with Crippen LogP contribution in [0.5, 0.6) is 11.5 Å². The van der Waals surface area contributed by atoms with Gasteiger partial charge in [-0.05, 0) is 92.3 Å². The average molecular weight is 532 g/mol. The zero-order valence-corrected chi connectivity index (χ0v) is 23.2. The van der Waals surface area contributed by atoms with Crippen molar-refractivity contribution >= 4 is 18.0 Å². The molecule has 1 fully saturated rings. The van der Waals surface area contributed by atoms with Crippen molar-refractivity contribution in [2.75, 3.05) is 6.61 Å². The molecule has 1 unspecified atom stereocenters. The molecular weight excluding hydrogens is 490 g/mol. The van der Waals surface area contributed by atoms with Gasteiger partial charge in [0.05, 0.1) is 12.5 Å². The number of aliphatic carboxylic acids is 1. The summed E-state index contributed by atoms with van der Waals surface area (Å²) >= 11 is 0. The minimum absolute atomic E-state index is 0.0731. The Morgan fingerprint density at radius 3 is 2.18 bits per heavy atom. The van der Waals surface area contributed by atoms with Crippen LogP contribution < -0.4 is 9.47 Å². The number of rotatable bonds is 14. The zero-order chi connectivity index (χ0) is 28.0. The van der Waals surface area contributed by atoms with Gasteiger partial charge in [0.1, 0.15) is 23.1 Å². The van der Waals surface area contributed by atoms with E-state index in [1.165, 1.54) is 37.7 Å². The van der Waals surface area contributed by atoms with E-state index in [0.29, 0.717) is 29.9 Å². The average Bonchev–Trinajstić information content (AvgIpc) is 2.95. The maximum Gasteiger partial charge on any atom is 0.354 e. The Morgan fingerprint density at radius 2 is 1.59 bits per heavy atom. The molecule has 0 radical (unpaired) electrons. The Kier molecular flexibility index (Phi) is 12.1. The molecule has 208 valence electrons. The van der Waals surface area contributed by atoms with Gasteiger partial charge in [-0.2, -0.15) is 5.26 Å². The lowest BCUT2D eigenvalue weighted by Gasteiger charge is -2.33. The molecule has 3 rings (SSSR count). The van der Waals surface area contributed by atoms with Crippen LogP contribution in [0.15, 0.2) is 54.1 Å². The van der Waals surface area contributed by atoms with Crippen LogP contribution in [0, 0.1) is 23.2 Å². The number of benzene rings is 2. The number of carboxylic acids is 1. The lowest BCUT2D eigenvalue weighted by atomic mass is 9.72. The molecule has 1 aliphatic carbocycles. The van der Waals surface area contributed by atoms with Gasteiger partial charge >= 0.3 is 11.9 Å². The molecular formula is C33H41NO5. The number of carboxylic acid groups (broad SMARTS) is 1. The molecule has 0 amide bonds. The van der Waals surface area contributed by atoms with Gasteiger partial charge in [-0.25, -0.2) is 4.79 Å². The van der Waals surface area contributed by atoms with E-state index in [1.54, 1.807) is 30.3 Å². The first kappa shape index (κ1) is 30.0. The number of unbranched alkanes of at least 4 members (excludes halogenated alkanes) is 4. The molecule has 0 heterocycles. The van der Waals surface area contributed by atoms with Crippen LogP contribution in [0.3, 0.4) is 0 Å². The molecule has 0 spiro atoms. The molecule has 6 nitrogen and oxygen atoms in total. The number of nitriles is 1. The van der Waals surface area contributed by atoms with E-state index < -0.39 is 11.9 Å². The largest absolute Gasteiger partial charge is 0.494 e. The normalized spacial score (nSPS) is 18.1. The number of esters is 1.